The van der Waals surface area contributed by atoms with Crippen LogP contribution in [-0.2, 0) is 20.8 Å². The van der Waals surface area contributed by atoms with Gasteiger partial charge in [-0.3, -0.25) is 24.3 Å². The number of benzene rings is 2. The summed E-state index contributed by atoms with van der Waals surface area (Å²) in [4.78, 5) is 54.5. The second-order valence-corrected chi connectivity index (χ2v) is 9.17. The molecule has 0 bridgehead atoms. The molecule has 0 aliphatic carbocycles. The Morgan fingerprint density at radius 2 is 1.67 bits per heavy atom. The summed E-state index contributed by atoms with van der Waals surface area (Å²) in [6, 6.07) is 16.3. The largest absolute Gasteiger partial charge is 0.481 e. The molecule has 11 heteroatoms. The van der Waals surface area contributed by atoms with E-state index in [1.807, 2.05) is 54.6 Å². The lowest BCUT2D eigenvalue weighted by Gasteiger charge is -2.24. The summed E-state index contributed by atoms with van der Waals surface area (Å²) in [5, 5.41) is 14.9. The molecule has 39 heavy (non-hydrogen) atoms. The van der Waals surface area contributed by atoms with E-state index < -0.39 is 42.3 Å². The maximum Gasteiger partial charge on any atom is 0.328 e. The standard InChI is InChI=1S/C28H34N6O5/c29-22(12-6-14-31-26(37)23(30)17-25(35)36)27(38)34(15-7-10-19-8-2-1-3-9-19)28(39)33-21-16-20-11-4-5-13-24(20)32-18-21/h1-5,8-9,11,13,16,18,22-23H,6-7,10,12,14-15,17,29-30H2,(H,31,37)(H,33,39)(H,35,36)/t22-,23-/m0/s1. The number of aliphatic carboxylic acids is 1. The molecule has 0 spiro atoms. The first-order chi connectivity index (χ1) is 18.7. The second-order valence-electron chi connectivity index (χ2n) is 9.17. The minimum absolute atomic E-state index is 0.162. The number of aromatic nitrogens is 1. The van der Waals surface area contributed by atoms with E-state index in [2.05, 4.69) is 15.6 Å². The van der Waals surface area contributed by atoms with Crippen molar-refractivity contribution in [2.24, 2.45) is 11.5 Å². The third-order valence-corrected chi connectivity index (χ3v) is 6.08. The molecule has 7 N–H and O–H groups in total. The molecular formula is C28H34N6O5. The molecule has 2 aromatic carbocycles. The Kier molecular flexibility index (Phi) is 10.9. The number of hydrogen-bond donors (Lipinski definition) is 5. The molecule has 0 aliphatic heterocycles. The van der Waals surface area contributed by atoms with Crippen LogP contribution in [0.3, 0.4) is 0 Å². The summed E-state index contributed by atoms with van der Waals surface area (Å²) >= 11 is 0. The van der Waals surface area contributed by atoms with Gasteiger partial charge in [0.05, 0.1) is 35.9 Å². The highest BCUT2D eigenvalue weighted by Gasteiger charge is 2.26. The molecule has 0 radical (unpaired) electrons. The maximum absolute atomic E-state index is 13.2. The van der Waals surface area contributed by atoms with Crippen molar-refractivity contribution in [3.63, 3.8) is 0 Å². The molecule has 0 aliphatic rings. The summed E-state index contributed by atoms with van der Waals surface area (Å²) in [6.07, 6.45) is 2.81. The summed E-state index contributed by atoms with van der Waals surface area (Å²) in [5.41, 5.74) is 14.0. The van der Waals surface area contributed by atoms with Crippen LogP contribution < -0.4 is 22.1 Å². The van der Waals surface area contributed by atoms with Gasteiger partial charge in [0.1, 0.15) is 0 Å². The summed E-state index contributed by atoms with van der Waals surface area (Å²) < 4.78 is 0. The van der Waals surface area contributed by atoms with Crippen LogP contribution >= 0.6 is 0 Å². The number of nitrogens with one attached hydrogen (secondary N) is 2. The van der Waals surface area contributed by atoms with Crippen LogP contribution in [0.25, 0.3) is 10.9 Å². The topological polar surface area (TPSA) is 181 Å². The van der Waals surface area contributed by atoms with Gasteiger partial charge in [0.2, 0.25) is 11.8 Å². The fourth-order valence-corrected chi connectivity index (χ4v) is 4.00. The highest BCUT2D eigenvalue weighted by atomic mass is 16.4. The third kappa shape index (κ3) is 9.16. The minimum atomic E-state index is -1.17. The van der Waals surface area contributed by atoms with E-state index in [4.69, 9.17) is 16.6 Å². The number of aryl methyl sites for hydroxylation is 1. The first-order valence-corrected chi connectivity index (χ1v) is 12.8. The van der Waals surface area contributed by atoms with Crippen LogP contribution in [0.5, 0.6) is 0 Å². The van der Waals surface area contributed by atoms with Crippen LogP contribution in [0.4, 0.5) is 10.5 Å². The lowest BCUT2D eigenvalue weighted by Crippen LogP contribution is -2.49. The zero-order chi connectivity index (χ0) is 28.2. The van der Waals surface area contributed by atoms with Crippen LogP contribution in [0.1, 0.15) is 31.2 Å². The average molecular weight is 535 g/mol. The van der Waals surface area contributed by atoms with Crippen molar-refractivity contribution in [3.8, 4) is 0 Å². The van der Waals surface area contributed by atoms with Crippen LogP contribution in [0.2, 0.25) is 0 Å². The number of anilines is 1. The number of para-hydroxylation sites is 1. The molecule has 3 aromatic rings. The van der Waals surface area contributed by atoms with Gasteiger partial charge in [-0.1, -0.05) is 48.5 Å². The van der Waals surface area contributed by atoms with E-state index in [-0.39, 0.29) is 19.5 Å². The molecule has 1 heterocycles. The van der Waals surface area contributed by atoms with Gasteiger partial charge in [0.25, 0.3) is 0 Å². The number of carboxylic acids is 1. The number of imide groups is 1. The third-order valence-electron chi connectivity index (χ3n) is 6.08. The van der Waals surface area contributed by atoms with Gasteiger partial charge in [0, 0.05) is 18.5 Å². The van der Waals surface area contributed by atoms with Gasteiger partial charge >= 0.3 is 12.0 Å². The Bertz CT molecular complexity index is 1290. The zero-order valence-electron chi connectivity index (χ0n) is 21.6. The fraction of sp³-hybridized carbons (Fsp3) is 0.321. The number of carbonyl (C=O) groups excluding carboxylic acids is 3. The molecule has 2 atom stereocenters. The van der Waals surface area contributed by atoms with Gasteiger partial charge in [-0.2, -0.15) is 0 Å². The van der Waals surface area contributed by atoms with Crippen LogP contribution in [0.15, 0.2) is 66.9 Å². The monoisotopic (exact) mass is 534 g/mol. The van der Waals surface area contributed by atoms with Crippen molar-refractivity contribution in [2.45, 2.75) is 44.2 Å². The second kappa shape index (κ2) is 14.6. The van der Waals surface area contributed by atoms with Crippen LogP contribution in [0, 0.1) is 0 Å². The molecule has 0 saturated heterocycles. The number of carboxylic acid groups (broad SMARTS) is 1. The predicted molar refractivity (Wildman–Crippen MR) is 148 cm³/mol. The molecule has 0 fully saturated rings. The van der Waals surface area contributed by atoms with E-state index in [0.717, 1.165) is 21.4 Å². The molecule has 206 valence electrons. The zero-order valence-corrected chi connectivity index (χ0v) is 21.6. The average Bonchev–Trinajstić information content (AvgIpc) is 2.93. The van der Waals surface area contributed by atoms with Crippen molar-refractivity contribution in [2.75, 3.05) is 18.4 Å². The quantitative estimate of drug-likeness (QED) is 0.207. The summed E-state index contributed by atoms with van der Waals surface area (Å²) in [5.74, 6) is -2.30. The number of nitrogens with two attached hydrogens (primary N) is 2. The minimum Gasteiger partial charge on any atom is -0.481 e. The molecule has 1 aromatic heterocycles. The number of rotatable bonds is 13. The van der Waals surface area contributed by atoms with Crippen molar-refractivity contribution in [1.82, 2.24) is 15.2 Å². The Labute approximate surface area is 226 Å². The molecular weight excluding hydrogens is 500 g/mol. The SMILES string of the molecule is N[C@@H](CC(=O)O)C(=O)NCCC[C@H](N)C(=O)N(CCCc1ccccc1)C(=O)Nc1cnc2ccccc2c1. The number of fused-ring (bicyclic) bond motifs is 1. The van der Waals surface area contributed by atoms with Crippen molar-refractivity contribution in [3.05, 3.63) is 72.4 Å². The first-order valence-electron chi connectivity index (χ1n) is 12.8. The van der Waals surface area contributed by atoms with Gasteiger partial charge in [0.15, 0.2) is 0 Å². The van der Waals surface area contributed by atoms with E-state index in [1.165, 1.54) is 6.20 Å². The van der Waals surface area contributed by atoms with E-state index >= 15 is 0 Å². The number of carbonyl (C=O) groups is 4. The van der Waals surface area contributed by atoms with E-state index in [1.54, 1.807) is 6.07 Å². The molecule has 3 rings (SSSR count). The maximum atomic E-state index is 13.2. The van der Waals surface area contributed by atoms with Gasteiger partial charge in [-0.15, -0.1) is 0 Å². The Balaban J connectivity index is 1.60. The molecule has 0 unspecified atom stereocenters. The number of urea groups is 1. The first kappa shape index (κ1) is 29.2. The molecule has 0 saturated carbocycles. The number of nitrogens with zero attached hydrogens (tertiary/aromatic N) is 2. The van der Waals surface area contributed by atoms with Crippen molar-refractivity contribution < 1.29 is 24.3 Å². The fourth-order valence-electron chi connectivity index (χ4n) is 4.00. The normalized spacial score (nSPS) is 12.4. The summed E-state index contributed by atoms with van der Waals surface area (Å²) in [7, 11) is 0. The summed E-state index contributed by atoms with van der Waals surface area (Å²) in [6.45, 7) is 0.325. The lowest BCUT2D eigenvalue weighted by molar-refractivity contribution is -0.139. The lowest BCUT2D eigenvalue weighted by atomic mass is 10.1. The smallest absolute Gasteiger partial charge is 0.328 e. The van der Waals surface area contributed by atoms with Crippen molar-refractivity contribution >= 4 is 40.4 Å². The number of amides is 4. The van der Waals surface area contributed by atoms with E-state index in [9.17, 15) is 19.2 Å². The Morgan fingerprint density at radius 3 is 2.41 bits per heavy atom. The Hall–Kier alpha value is -4.35. The number of hydrogen-bond acceptors (Lipinski definition) is 7. The van der Waals surface area contributed by atoms with Crippen molar-refractivity contribution in [1.29, 1.82) is 0 Å². The molecule has 4 amide bonds. The predicted octanol–water partition coefficient (Wildman–Crippen LogP) is 2.25. The van der Waals surface area contributed by atoms with Gasteiger partial charge in [-0.05, 0) is 43.4 Å². The highest BCUT2D eigenvalue weighted by molar-refractivity contribution is 6.03. The van der Waals surface area contributed by atoms with E-state index in [0.29, 0.717) is 24.9 Å². The molecule has 11 nitrogen and oxygen atoms in total. The van der Waals surface area contributed by atoms with Crippen LogP contribution in [-0.4, -0.2) is 64.0 Å². The Morgan fingerprint density at radius 1 is 0.949 bits per heavy atom. The van der Waals surface area contributed by atoms with Gasteiger partial charge < -0.3 is 27.2 Å². The highest BCUT2D eigenvalue weighted by Crippen LogP contribution is 2.17. The number of pyridine rings is 1. The van der Waals surface area contributed by atoms with Gasteiger partial charge in [-0.25, -0.2) is 4.79 Å².